The summed E-state index contributed by atoms with van der Waals surface area (Å²) in [7, 11) is 0. The topological polar surface area (TPSA) is 29.1 Å². The third kappa shape index (κ3) is 3.28. The maximum Gasteiger partial charge on any atom is 0.150 e. The first-order valence-corrected chi connectivity index (χ1v) is 4.35. The minimum Gasteiger partial charge on any atom is -0.380 e. The Labute approximate surface area is 79.0 Å². The van der Waals surface area contributed by atoms with Crippen molar-refractivity contribution in [3.63, 3.8) is 0 Å². The Balaban J connectivity index is 2.84. The Morgan fingerprint density at radius 1 is 1.31 bits per heavy atom. The highest BCUT2D eigenvalue weighted by atomic mass is 16.1. The first-order chi connectivity index (χ1) is 6.01. The highest BCUT2D eigenvalue weighted by Gasteiger charge is 2.08. The summed E-state index contributed by atoms with van der Waals surface area (Å²) in [4.78, 5) is 10.5. The molecule has 2 heteroatoms. The number of anilines is 1. The third-order valence-corrected chi connectivity index (χ3v) is 1.54. The van der Waals surface area contributed by atoms with Crippen molar-refractivity contribution in [1.82, 2.24) is 0 Å². The molecule has 0 aliphatic carbocycles. The number of hydrogen-bond donors (Lipinski definition) is 1. The van der Waals surface area contributed by atoms with Crippen molar-refractivity contribution in [3.05, 3.63) is 29.8 Å². The lowest BCUT2D eigenvalue weighted by atomic mass is 10.1. The molecule has 0 bridgehead atoms. The van der Waals surface area contributed by atoms with E-state index in [1.807, 2.05) is 18.2 Å². The summed E-state index contributed by atoms with van der Waals surface area (Å²) in [5, 5.41) is 3.30. The van der Waals surface area contributed by atoms with Crippen LogP contribution in [0.4, 0.5) is 5.69 Å². The van der Waals surface area contributed by atoms with Crippen LogP contribution in [-0.2, 0) is 0 Å². The molecule has 1 aromatic rings. The second kappa shape index (κ2) is 3.60. The van der Waals surface area contributed by atoms with Gasteiger partial charge in [-0.1, -0.05) is 12.1 Å². The largest absolute Gasteiger partial charge is 0.380 e. The van der Waals surface area contributed by atoms with E-state index in [0.29, 0.717) is 5.56 Å². The van der Waals surface area contributed by atoms with E-state index < -0.39 is 0 Å². The smallest absolute Gasteiger partial charge is 0.150 e. The van der Waals surface area contributed by atoms with E-state index in [0.717, 1.165) is 12.0 Å². The van der Waals surface area contributed by atoms with Crippen LogP contribution in [0.3, 0.4) is 0 Å². The normalized spacial score (nSPS) is 11.0. The van der Waals surface area contributed by atoms with Gasteiger partial charge in [0.25, 0.3) is 0 Å². The third-order valence-electron chi connectivity index (χ3n) is 1.54. The molecule has 0 saturated heterocycles. The lowest BCUT2D eigenvalue weighted by molar-refractivity contribution is 0.112. The van der Waals surface area contributed by atoms with Crippen molar-refractivity contribution < 1.29 is 4.79 Å². The standard InChI is InChI=1S/C11H15NO/c1-11(2,3)12-10-6-4-5-9(7-10)8-13/h4-8,12H,1-3H3. The zero-order valence-electron chi connectivity index (χ0n) is 8.29. The van der Waals surface area contributed by atoms with Gasteiger partial charge in [-0.2, -0.15) is 0 Å². The lowest BCUT2D eigenvalue weighted by Gasteiger charge is -2.22. The quantitative estimate of drug-likeness (QED) is 0.704. The van der Waals surface area contributed by atoms with Gasteiger partial charge in [-0.3, -0.25) is 4.79 Å². The van der Waals surface area contributed by atoms with Gasteiger partial charge in [0.05, 0.1) is 0 Å². The maximum atomic E-state index is 10.5. The fourth-order valence-corrected chi connectivity index (χ4v) is 1.12. The summed E-state index contributed by atoms with van der Waals surface area (Å²) in [5.74, 6) is 0. The van der Waals surface area contributed by atoms with E-state index in [-0.39, 0.29) is 5.54 Å². The van der Waals surface area contributed by atoms with E-state index in [9.17, 15) is 4.79 Å². The molecule has 0 aliphatic heterocycles. The molecule has 0 spiro atoms. The molecule has 1 aromatic carbocycles. The fourth-order valence-electron chi connectivity index (χ4n) is 1.12. The van der Waals surface area contributed by atoms with Crippen LogP contribution < -0.4 is 5.32 Å². The van der Waals surface area contributed by atoms with Gasteiger partial charge >= 0.3 is 0 Å². The van der Waals surface area contributed by atoms with E-state index in [1.165, 1.54) is 0 Å². The van der Waals surface area contributed by atoms with E-state index in [2.05, 4.69) is 26.1 Å². The minimum absolute atomic E-state index is 0.0293. The maximum absolute atomic E-state index is 10.5. The summed E-state index contributed by atoms with van der Waals surface area (Å²) >= 11 is 0. The van der Waals surface area contributed by atoms with Gasteiger partial charge in [0, 0.05) is 16.8 Å². The molecule has 0 radical (unpaired) electrons. The van der Waals surface area contributed by atoms with Gasteiger partial charge in [-0.15, -0.1) is 0 Å². The molecule has 1 rings (SSSR count). The predicted molar refractivity (Wildman–Crippen MR) is 55.2 cm³/mol. The molecule has 0 saturated carbocycles. The lowest BCUT2D eigenvalue weighted by Crippen LogP contribution is -2.25. The Morgan fingerprint density at radius 3 is 2.54 bits per heavy atom. The first-order valence-electron chi connectivity index (χ1n) is 4.35. The number of carbonyl (C=O) groups is 1. The molecule has 0 amide bonds. The van der Waals surface area contributed by atoms with Crippen molar-refractivity contribution in [2.75, 3.05) is 5.32 Å². The highest BCUT2D eigenvalue weighted by Crippen LogP contribution is 2.14. The van der Waals surface area contributed by atoms with Crippen molar-refractivity contribution in [2.45, 2.75) is 26.3 Å². The Bertz CT molecular complexity index is 299. The minimum atomic E-state index is 0.0293. The van der Waals surface area contributed by atoms with Crippen molar-refractivity contribution in [3.8, 4) is 0 Å². The van der Waals surface area contributed by atoms with Crippen LogP contribution in [0.15, 0.2) is 24.3 Å². The van der Waals surface area contributed by atoms with Crippen LogP contribution in [-0.4, -0.2) is 11.8 Å². The van der Waals surface area contributed by atoms with Crippen LogP contribution in [0.1, 0.15) is 31.1 Å². The Kier molecular flexibility index (Phi) is 2.71. The molecule has 0 heterocycles. The van der Waals surface area contributed by atoms with Crippen molar-refractivity contribution in [1.29, 1.82) is 0 Å². The SMILES string of the molecule is CC(C)(C)Nc1cccc(C=O)c1. The predicted octanol–water partition coefficient (Wildman–Crippen LogP) is 2.71. The van der Waals surface area contributed by atoms with Crippen LogP contribution in [0.25, 0.3) is 0 Å². The zero-order valence-corrected chi connectivity index (χ0v) is 8.29. The van der Waals surface area contributed by atoms with E-state index in [4.69, 9.17) is 0 Å². The number of hydrogen-bond acceptors (Lipinski definition) is 2. The van der Waals surface area contributed by atoms with Gasteiger partial charge in [0.2, 0.25) is 0 Å². The number of aldehydes is 1. The summed E-state index contributed by atoms with van der Waals surface area (Å²) < 4.78 is 0. The molecular weight excluding hydrogens is 162 g/mol. The van der Waals surface area contributed by atoms with Crippen LogP contribution in [0, 0.1) is 0 Å². The molecule has 70 valence electrons. The van der Waals surface area contributed by atoms with E-state index in [1.54, 1.807) is 6.07 Å². The van der Waals surface area contributed by atoms with Gasteiger partial charge in [-0.05, 0) is 32.9 Å². The van der Waals surface area contributed by atoms with Crippen LogP contribution in [0.5, 0.6) is 0 Å². The molecular formula is C11H15NO. The Morgan fingerprint density at radius 2 is 2.00 bits per heavy atom. The highest BCUT2D eigenvalue weighted by molar-refractivity contribution is 5.76. The fraction of sp³-hybridized carbons (Fsp3) is 0.364. The van der Waals surface area contributed by atoms with Gasteiger partial charge in [0.1, 0.15) is 6.29 Å². The summed E-state index contributed by atoms with van der Waals surface area (Å²) in [6, 6.07) is 7.47. The van der Waals surface area contributed by atoms with Crippen LogP contribution >= 0.6 is 0 Å². The molecule has 0 aromatic heterocycles. The molecule has 0 unspecified atom stereocenters. The average Bonchev–Trinajstić information content (AvgIpc) is 2.01. The molecule has 0 aliphatic rings. The zero-order chi connectivity index (χ0) is 9.90. The molecule has 13 heavy (non-hydrogen) atoms. The van der Waals surface area contributed by atoms with Crippen LogP contribution in [0.2, 0.25) is 0 Å². The molecule has 0 fully saturated rings. The first kappa shape index (κ1) is 9.78. The van der Waals surface area contributed by atoms with Gasteiger partial charge in [0.15, 0.2) is 0 Å². The second-order valence-electron chi connectivity index (χ2n) is 4.12. The van der Waals surface area contributed by atoms with Crippen molar-refractivity contribution >= 4 is 12.0 Å². The number of benzene rings is 1. The number of carbonyl (C=O) groups excluding carboxylic acids is 1. The Hall–Kier alpha value is -1.31. The number of rotatable bonds is 2. The summed E-state index contributed by atoms with van der Waals surface area (Å²) in [6.45, 7) is 6.25. The van der Waals surface area contributed by atoms with E-state index >= 15 is 0 Å². The summed E-state index contributed by atoms with van der Waals surface area (Å²) in [5.41, 5.74) is 1.72. The molecule has 0 atom stereocenters. The average molecular weight is 177 g/mol. The monoisotopic (exact) mass is 177 g/mol. The van der Waals surface area contributed by atoms with Crippen molar-refractivity contribution in [2.24, 2.45) is 0 Å². The van der Waals surface area contributed by atoms with Gasteiger partial charge in [-0.25, -0.2) is 0 Å². The molecule has 1 N–H and O–H groups in total. The second-order valence-corrected chi connectivity index (χ2v) is 4.12. The van der Waals surface area contributed by atoms with Gasteiger partial charge < -0.3 is 5.32 Å². The summed E-state index contributed by atoms with van der Waals surface area (Å²) in [6.07, 6.45) is 0.855. The molecule has 2 nitrogen and oxygen atoms in total. The number of nitrogens with one attached hydrogen (secondary N) is 1.